The van der Waals surface area contributed by atoms with Crippen molar-refractivity contribution in [3.63, 3.8) is 0 Å². The number of rotatable bonds is 3. The number of fused-ring (bicyclic) bond motifs is 1. The van der Waals surface area contributed by atoms with E-state index in [-0.39, 0.29) is 5.91 Å². The first-order chi connectivity index (χ1) is 10.6. The molecule has 0 aliphatic carbocycles. The number of amides is 1. The van der Waals surface area contributed by atoms with E-state index in [2.05, 4.69) is 5.32 Å². The van der Waals surface area contributed by atoms with Crippen LogP contribution < -0.4 is 5.32 Å². The summed E-state index contributed by atoms with van der Waals surface area (Å²) in [6.07, 6.45) is 0. The second kappa shape index (κ2) is 6.47. The third-order valence-electron chi connectivity index (χ3n) is 3.20. The first kappa shape index (κ1) is 15.6. The van der Waals surface area contributed by atoms with Crippen LogP contribution in [0.25, 0.3) is 10.1 Å². The molecule has 0 bridgehead atoms. The highest BCUT2D eigenvalue weighted by Crippen LogP contribution is 2.35. The summed E-state index contributed by atoms with van der Waals surface area (Å²) in [4.78, 5) is 12.8. The molecule has 2 nitrogen and oxygen atoms in total. The van der Waals surface area contributed by atoms with Crippen molar-refractivity contribution in [1.29, 1.82) is 0 Å². The molecule has 0 saturated heterocycles. The summed E-state index contributed by atoms with van der Waals surface area (Å²) < 4.78 is 0.988. The molecule has 2 aromatic carbocycles. The van der Waals surface area contributed by atoms with Crippen LogP contribution in [0.3, 0.4) is 0 Å². The van der Waals surface area contributed by atoms with Crippen molar-refractivity contribution in [2.24, 2.45) is 0 Å². The molecule has 1 aromatic heterocycles. The van der Waals surface area contributed by atoms with Crippen molar-refractivity contribution in [2.75, 3.05) is 0 Å². The Morgan fingerprint density at radius 1 is 1.09 bits per heavy atom. The minimum Gasteiger partial charge on any atom is -0.347 e. The van der Waals surface area contributed by atoms with Gasteiger partial charge in [-0.3, -0.25) is 4.79 Å². The molecule has 1 N–H and O–H groups in total. The van der Waals surface area contributed by atoms with E-state index in [1.54, 1.807) is 18.2 Å². The van der Waals surface area contributed by atoms with Gasteiger partial charge in [0.2, 0.25) is 0 Å². The highest BCUT2D eigenvalue weighted by molar-refractivity contribution is 7.21. The Morgan fingerprint density at radius 3 is 2.59 bits per heavy atom. The molecule has 6 heteroatoms. The molecule has 0 radical (unpaired) electrons. The highest BCUT2D eigenvalue weighted by atomic mass is 35.5. The van der Waals surface area contributed by atoms with E-state index >= 15 is 0 Å². The van der Waals surface area contributed by atoms with Crippen LogP contribution in [0.1, 0.15) is 15.2 Å². The molecule has 0 unspecified atom stereocenters. The van der Waals surface area contributed by atoms with Crippen LogP contribution in [0.4, 0.5) is 0 Å². The predicted octanol–water partition coefficient (Wildman–Crippen LogP) is 5.79. The molecule has 0 saturated carbocycles. The Kier molecular flexibility index (Phi) is 4.59. The van der Waals surface area contributed by atoms with E-state index in [4.69, 9.17) is 34.8 Å². The van der Waals surface area contributed by atoms with Gasteiger partial charge in [-0.15, -0.1) is 11.3 Å². The summed E-state index contributed by atoms with van der Waals surface area (Å²) >= 11 is 19.6. The number of carbonyl (C=O) groups excluding carboxylic acids is 1. The lowest BCUT2D eigenvalue weighted by molar-refractivity contribution is 0.0955. The van der Waals surface area contributed by atoms with Gasteiger partial charge in [0.05, 0.1) is 5.02 Å². The molecule has 3 rings (SSSR count). The van der Waals surface area contributed by atoms with Crippen LogP contribution in [0, 0.1) is 0 Å². The summed E-state index contributed by atoms with van der Waals surface area (Å²) in [6.45, 7) is 0.319. The first-order valence-corrected chi connectivity index (χ1v) is 8.40. The van der Waals surface area contributed by atoms with Crippen molar-refractivity contribution >= 4 is 62.1 Å². The van der Waals surface area contributed by atoms with Crippen molar-refractivity contribution in [3.8, 4) is 0 Å². The molecule has 3 aromatic rings. The minimum absolute atomic E-state index is 0.211. The van der Waals surface area contributed by atoms with Gasteiger partial charge in [0.25, 0.3) is 5.91 Å². The van der Waals surface area contributed by atoms with E-state index in [1.807, 2.05) is 24.3 Å². The molecule has 112 valence electrons. The maximum atomic E-state index is 12.3. The van der Waals surface area contributed by atoms with Gasteiger partial charge in [-0.2, -0.15) is 0 Å². The zero-order chi connectivity index (χ0) is 15.7. The molecular weight excluding hydrogens is 361 g/mol. The molecule has 0 aliphatic rings. The third-order valence-corrected chi connectivity index (χ3v) is 5.46. The molecule has 1 amide bonds. The number of halogens is 3. The van der Waals surface area contributed by atoms with E-state index in [9.17, 15) is 4.79 Å². The van der Waals surface area contributed by atoms with E-state index in [0.29, 0.717) is 26.5 Å². The number of carbonyl (C=O) groups is 1. The van der Waals surface area contributed by atoms with Gasteiger partial charge in [-0.05, 0) is 23.8 Å². The maximum Gasteiger partial charge on any atom is 0.263 e. The third kappa shape index (κ3) is 3.08. The number of nitrogens with one attached hydrogen (secondary N) is 1. The van der Waals surface area contributed by atoms with Crippen molar-refractivity contribution in [2.45, 2.75) is 6.54 Å². The Balaban J connectivity index is 1.80. The lowest BCUT2D eigenvalue weighted by Gasteiger charge is -2.06. The molecular formula is C16H10Cl3NOS. The normalized spacial score (nSPS) is 10.9. The Bertz CT molecular complexity index is 860. The minimum atomic E-state index is -0.211. The van der Waals surface area contributed by atoms with E-state index in [0.717, 1.165) is 15.6 Å². The van der Waals surface area contributed by atoms with Gasteiger partial charge in [0.1, 0.15) is 4.88 Å². The molecule has 22 heavy (non-hydrogen) atoms. The molecule has 0 aliphatic heterocycles. The summed E-state index contributed by atoms with van der Waals surface area (Å²) in [5.41, 5.74) is 0.802. The largest absolute Gasteiger partial charge is 0.347 e. The smallest absolute Gasteiger partial charge is 0.263 e. The lowest BCUT2D eigenvalue weighted by atomic mass is 10.2. The maximum absolute atomic E-state index is 12.3. The standard InChI is InChI=1S/C16H10Cl3NOS/c17-10-6-5-9(12(18)7-10)8-20-16(21)15-14(19)11-3-1-2-4-13(11)22-15/h1-7H,8H2,(H,20,21). The quantitative estimate of drug-likeness (QED) is 0.621. The Labute approximate surface area is 146 Å². The molecule has 1 heterocycles. The van der Waals surface area contributed by atoms with Crippen molar-refractivity contribution in [1.82, 2.24) is 5.32 Å². The number of hydrogen-bond acceptors (Lipinski definition) is 2. The van der Waals surface area contributed by atoms with Gasteiger partial charge >= 0.3 is 0 Å². The second-order valence-corrected chi connectivity index (χ2v) is 6.93. The van der Waals surface area contributed by atoms with Crippen molar-refractivity contribution < 1.29 is 4.79 Å². The van der Waals surface area contributed by atoms with Gasteiger partial charge in [0.15, 0.2) is 0 Å². The van der Waals surface area contributed by atoms with Gasteiger partial charge < -0.3 is 5.32 Å². The Hall–Kier alpha value is -1.26. The zero-order valence-electron chi connectivity index (χ0n) is 11.2. The van der Waals surface area contributed by atoms with Crippen LogP contribution >= 0.6 is 46.1 Å². The summed E-state index contributed by atoms with van der Waals surface area (Å²) in [5, 5.41) is 5.30. The van der Waals surface area contributed by atoms with Crippen LogP contribution in [0.5, 0.6) is 0 Å². The van der Waals surface area contributed by atoms with E-state index in [1.165, 1.54) is 11.3 Å². The fraction of sp³-hybridized carbons (Fsp3) is 0.0625. The average Bonchev–Trinajstić information content (AvgIpc) is 2.84. The van der Waals surface area contributed by atoms with Crippen LogP contribution in [0.15, 0.2) is 42.5 Å². The molecule has 0 atom stereocenters. The highest BCUT2D eigenvalue weighted by Gasteiger charge is 2.16. The average molecular weight is 371 g/mol. The Morgan fingerprint density at radius 2 is 1.86 bits per heavy atom. The van der Waals surface area contributed by atoms with E-state index < -0.39 is 0 Å². The monoisotopic (exact) mass is 369 g/mol. The number of hydrogen-bond donors (Lipinski definition) is 1. The summed E-state index contributed by atoms with van der Waals surface area (Å²) in [5.74, 6) is -0.211. The van der Waals surface area contributed by atoms with Crippen LogP contribution in [-0.2, 0) is 6.54 Å². The lowest BCUT2D eigenvalue weighted by Crippen LogP contribution is -2.22. The fourth-order valence-corrected chi connectivity index (χ4v) is 3.99. The zero-order valence-corrected chi connectivity index (χ0v) is 14.3. The number of benzene rings is 2. The molecule has 0 fully saturated rings. The SMILES string of the molecule is O=C(NCc1ccc(Cl)cc1Cl)c1sc2ccccc2c1Cl. The van der Waals surface area contributed by atoms with Gasteiger partial charge in [-0.25, -0.2) is 0 Å². The molecule has 0 spiro atoms. The predicted molar refractivity (Wildman–Crippen MR) is 94.5 cm³/mol. The summed E-state index contributed by atoms with van der Waals surface area (Å²) in [6, 6.07) is 12.8. The second-order valence-electron chi connectivity index (χ2n) is 4.66. The van der Waals surface area contributed by atoms with Crippen LogP contribution in [0.2, 0.25) is 15.1 Å². The number of thiophene rings is 1. The first-order valence-electron chi connectivity index (χ1n) is 6.45. The van der Waals surface area contributed by atoms with Gasteiger partial charge in [-0.1, -0.05) is 59.1 Å². The topological polar surface area (TPSA) is 29.1 Å². The summed E-state index contributed by atoms with van der Waals surface area (Å²) in [7, 11) is 0. The fourth-order valence-electron chi connectivity index (χ4n) is 2.08. The van der Waals surface area contributed by atoms with Crippen LogP contribution in [-0.4, -0.2) is 5.91 Å². The van der Waals surface area contributed by atoms with Gasteiger partial charge in [0, 0.05) is 26.7 Å². The van der Waals surface area contributed by atoms with Crippen molar-refractivity contribution in [3.05, 3.63) is 68.0 Å².